The van der Waals surface area contributed by atoms with Crippen molar-refractivity contribution in [2.45, 2.75) is 4.90 Å². The molecular formula is C9H11NO3S. The topological polar surface area (TPSA) is 61.5 Å². The van der Waals surface area contributed by atoms with Crippen LogP contribution >= 0.6 is 12.6 Å². The number of ether oxygens (including phenoxy) is 2. The Morgan fingerprint density at radius 3 is 2.57 bits per heavy atom. The predicted molar refractivity (Wildman–Crippen MR) is 56.0 cm³/mol. The molecule has 5 heteroatoms. The normalized spacial score (nSPS) is 9.64. The third kappa shape index (κ3) is 1.93. The van der Waals surface area contributed by atoms with E-state index in [-0.39, 0.29) is 0 Å². The fourth-order valence-electron chi connectivity index (χ4n) is 1.02. The summed E-state index contributed by atoms with van der Waals surface area (Å²) in [6, 6.07) is 3.05. The van der Waals surface area contributed by atoms with Crippen LogP contribution in [0.25, 0.3) is 0 Å². The molecule has 0 bridgehead atoms. The molecule has 0 radical (unpaired) electrons. The first-order chi connectivity index (χ1) is 6.60. The highest BCUT2D eigenvalue weighted by Gasteiger charge is 2.11. The van der Waals surface area contributed by atoms with Crippen LogP contribution in [0.4, 0.5) is 5.69 Å². The highest BCUT2D eigenvalue weighted by atomic mass is 32.1. The molecule has 1 aromatic rings. The number of carbonyl (C=O) groups excluding carboxylic acids is 1. The van der Waals surface area contributed by atoms with Crippen LogP contribution in [0.5, 0.6) is 5.75 Å². The lowest BCUT2D eigenvalue weighted by Crippen LogP contribution is -2.03. The Morgan fingerprint density at radius 1 is 1.43 bits per heavy atom. The van der Waals surface area contributed by atoms with Crippen molar-refractivity contribution >= 4 is 24.3 Å². The van der Waals surface area contributed by atoms with Crippen molar-refractivity contribution in [3.8, 4) is 5.75 Å². The lowest BCUT2D eigenvalue weighted by molar-refractivity contribution is 0.0600. The number of thiol groups is 1. The summed E-state index contributed by atoms with van der Waals surface area (Å²) in [7, 11) is 2.78. The summed E-state index contributed by atoms with van der Waals surface area (Å²) < 4.78 is 9.54. The Balaban J connectivity index is 3.22. The second kappa shape index (κ2) is 4.23. The quantitative estimate of drug-likeness (QED) is 0.442. The molecule has 4 nitrogen and oxygen atoms in total. The molecule has 1 rings (SSSR count). The molecule has 0 aliphatic rings. The van der Waals surface area contributed by atoms with Gasteiger partial charge in [0.2, 0.25) is 0 Å². The molecule has 0 saturated carbocycles. The van der Waals surface area contributed by atoms with Gasteiger partial charge in [-0.15, -0.1) is 12.6 Å². The Morgan fingerprint density at radius 2 is 2.07 bits per heavy atom. The zero-order valence-electron chi connectivity index (χ0n) is 7.90. The number of anilines is 1. The SMILES string of the molecule is COC(=O)c1cc(S)c(N)c(OC)c1. The average Bonchev–Trinajstić information content (AvgIpc) is 2.20. The monoisotopic (exact) mass is 213 g/mol. The number of hydrogen-bond donors (Lipinski definition) is 2. The molecule has 0 saturated heterocycles. The third-order valence-electron chi connectivity index (χ3n) is 1.76. The first-order valence-corrected chi connectivity index (χ1v) is 4.29. The van der Waals surface area contributed by atoms with Gasteiger partial charge in [-0.1, -0.05) is 0 Å². The van der Waals surface area contributed by atoms with Gasteiger partial charge in [-0.2, -0.15) is 0 Å². The van der Waals surface area contributed by atoms with Crippen LogP contribution in [0, 0.1) is 0 Å². The fourth-order valence-corrected chi connectivity index (χ4v) is 1.27. The molecule has 1 aromatic carbocycles. The maximum absolute atomic E-state index is 11.2. The average molecular weight is 213 g/mol. The Bertz CT molecular complexity index is 365. The summed E-state index contributed by atoms with van der Waals surface area (Å²) in [5, 5.41) is 0. The van der Waals surface area contributed by atoms with Crippen molar-refractivity contribution in [2.24, 2.45) is 0 Å². The van der Waals surface area contributed by atoms with Crippen molar-refractivity contribution in [3.05, 3.63) is 17.7 Å². The molecule has 0 spiro atoms. The van der Waals surface area contributed by atoms with Crippen molar-refractivity contribution in [1.29, 1.82) is 0 Å². The molecule has 14 heavy (non-hydrogen) atoms. The highest BCUT2D eigenvalue weighted by Crippen LogP contribution is 2.29. The summed E-state index contributed by atoms with van der Waals surface area (Å²) in [5.41, 5.74) is 6.42. The van der Waals surface area contributed by atoms with Gasteiger partial charge < -0.3 is 15.2 Å². The van der Waals surface area contributed by atoms with Crippen LogP contribution in [-0.4, -0.2) is 20.2 Å². The molecule has 0 aliphatic carbocycles. The lowest BCUT2D eigenvalue weighted by Gasteiger charge is -2.08. The standard InChI is InChI=1S/C9H11NO3S/c1-12-6-3-5(9(11)13-2)4-7(14)8(6)10/h3-4,14H,10H2,1-2H3. The first kappa shape index (κ1) is 10.7. The van der Waals surface area contributed by atoms with Crippen LogP contribution in [-0.2, 0) is 4.74 Å². The Labute approximate surface area is 87.4 Å². The van der Waals surface area contributed by atoms with Gasteiger partial charge in [0, 0.05) is 4.90 Å². The number of benzene rings is 1. The van der Waals surface area contributed by atoms with E-state index in [0.717, 1.165) is 0 Å². The highest BCUT2D eigenvalue weighted by molar-refractivity contribution is 7.80. The van der Waals surface area contributed by atoms with Gasteiger partial charge in [-0.05, 0) is 12.1 Å². The summed E-state index contributed by atoms with van der Waals surface area (Å²) in [4.78, 5) is 11.7. The number of hydrogen-bond acceptors (Lipinski definition) is 5. The molecule has 0 heterocycles. The molecule has 0 aromatic heterocycles. The van der Waals surface area contributed by atoms with E-state index in [1.165, 1.54) is 26.4 Å². The smallest absolute Gasteiger partial charge is 0.338 e. The van der Waals surface area contributed by atoms with Gasteiger partial charge in [0.05, 0.1) is 25.5 Å². The number of carbonyl (C=O) groups is 1. The van der Waals surface area contributed by atoms with Gasteiger partial charge in [-0.3, -0.25) is 0 Å². The zero-order valence-corrected chi connectivity index (χ0v) is 8.80. The van der Waals surface area contributed by atoms with Crippen LogP contribution < -0.4 is 10.5 Å². The van der Waals surface area contributed by atoms with Crippen LogP contribution in [0.15, 0.2) is 17.0 Å². The van der Waals surface area contributed by atoms with E-state index in [2.05, 4.69) is 17.4 Å². The van der Waals surface area contributed by atoms with Crippen LogP contribution in [0.2, 0.25) is 0 Å². The summed E-state index contributed by atoms with van der Waals surface area (Å²) in [6.45, 7) is 0. The Kier molecular flexibility index (Phi) is 3.24. The van der Waals surface area contributed by atoms with Gasteiger partial charge >= 0.3 is 5.97 Å². The summed E-state index contributed by atoms with van der Waals surface area (Å²) >= 11 is 4.11. The molecule has 0 fully saturated rings. The minimum absolute atomic E-state index is 0.364. The summed E-state index contributed by atoms with van der Waals surface area (Å²) in [6.07, 6.45) is 0. The number of esters is 1. The van der Waals surface area contributed by atoms with Crippen molar-refractivity contribution in [1.82, 2.24) is 0 Å². The predicted octanol–water partition coefficient (Wildman–Crippen LogP) is 1.35. The van der Waals surface area contributed by atoms with E-state index >= 15 is 0 Å². The minimum Gasteiger partial charge on any atom is -0.495 e. The van der Waals surface area contributed by atoms with Gasteiger partial charge in [0.15, 0.2) is 0 Å². The van der Waals surface area contributed by atoms with Crippen molar-refractivity contribution < 1.29 is 14.3 Å². The van der Waals surface area contributed by atoms with E-state index in [0.29, 0.717) is 21.9 Å². The Hall–Kier alpha value is -1.36. The van der Waals surface area contributed by atoms with Gasteiger partial charge in [0.1, 0.15) is 5.75 Å². The van der Waals surface area contributed by atoms with Gasteiger partial charge in [-0.25, -0.2) is 4.79 Å². The van der Waals surface area contributed by atoms with E-state index in [9.17, 15) is 4.79 Å². The van der Waals surface area contributed by atoms with E-state index in [4.69, 9.17) is 10.5 Å². The van der Waals surface area contributed by atoms with Crippen LogP contribution in [0.1, 0.15) is 10.4 Å². The number of methoxy groups -OCH3 is 2. The molecule has 0 aliphatic heterocycles. The van der Waals surface area contributed by atoms with Crippen LogP contribution in [0.3, 0.4) is 0 Å². The molecule has 0 amide bonds. The number of nitrogens with two attached hydrogens (primary N) is 1. The maximum Gasteiger partial charge on any atom is 0.338 e. The molecule has 76 valence electrons. The molecule has 0 unspecified atom stereocenters. The summed E-state index contributed by atoms with van der Waals surface area (Å²) in [5.74, 6) is -0.0310. The number of nitrogen functional groups attached to an aromatic ring is 1. The molecule has 2 N–H and O–H groups in total. The first-order valence-electron chi connectivity index (χ1n) is 3.85. The zero-order chi connectivity index (χ0) is 10.7. The van der Waals surface area contributed by atoms with Crippen molar-refractivity contribution in [2.75, 3.05) is 20.0 Å². The van der Waals surface area contributed by atoms with Crippen molar-refractivity contribution in [3.63, 3.8) is 0 Å². The maximum atomic E-state index is 11.2. The third-order valence-corrected chi connectivity index (χ3v) is 2.13. The largest absolute Gasteiger partial charge is 0.495 e. The van der Waals surface area contributed by atoms with E-state index in [1.807, 2.05) is 0 Å². The second-order valence-corrected chi connectivity index (χ2v) is 3.08. The van der Waals surface area contributed by atoms with E-state index in [1.54, 1.807) is 0 Å². The van der Waals surface area contributed by atoms with E-state index < -0.39 is 5.97 Å². The minimum atomic E-state index is -0.446. The lowest BCUT2D eigenvalue weighted by atomic mass is 10.2. The molecular weight excluding hydrogens is 202 g/mol. The molecule has 0 atom stereocenters. The second-order valence-electron chi connectivity index (χ2n) is 2.60. The number of rotatable bonds is 2. The fraction of sp³-hybridized carbons (Fsp3) is 0.222. The van der Waals surface area contributed by atoms with Gasteiger partial charge in [0.25, 0.3) is 0 Å².